The lowest BCUT2D eigenvalue weighted by atomic mass is 10.1. The Labute approximate surface area is 279 Å². The number of esters is 2. The summed E-state index contributed by atoms with van der Waals surface area (Å²) < 4.78 is 26.2. The minimum atomic E-state index is -4.76. The van der Waals surface area contributed by atoms with Gasteiger partial charge in [0.2, 0.25) is 0 Å². The van der Waals surface area contributed by atoms with Crippen molar-refractivity contribution in [3.05, 3.63) is 72.9 Å². The molecule has 9 heteroatoms. The molecule has 0 aliphatic heterocycles. The Hall–Kier alpha value is -2.51. The van der Waals surface area contributed by atoms with Gasteiger partial charge in [0.05, 0.1) is 6.61 Å². The van der Waals surface area contributed by atoms with Crippen LogP contribution < -0.4 is 0 Å². The van der Waals surface area contributed by atoms with Gasteiger partial charge in [-0.15, -0.1) is 0 Å². The minimum absolute atomic E-state index is 0.159. The van der Waals surface area contributed by atoms with Crippen LogP contribution in [0.3, 0.4) is 0 Å². The molecule has 0 rings (SSSR count). The van der Waals surface area contributed by atoms with Crippen molar-refractivity contribution in [1.82, 2.24) is 0 Å². The minimum Gasteiger partial charge on any atom is -0.462 e. The second-order valence-corrected chi connectivity index (χ2v) is 12.5. The lowest BCUT2D eigenvalue weighted by Gasteiger charge is -2.18. The molecule has 0 aliphatic rings. The number of unbranched alkanes of at least 4 members (excludes halogenated alkanes) is 12. The van der Waals surface area contributed by atoms with Gasteiger partial charge < -0.3 is 19.3 Å². The highest BCUT2D eigenvalue weighted by molar-refractivity contribution is 7.46. The molecule has 262 valence electrons. The van der Waals surface area contributed by atoms with Gasteiger partial charge in [0.1, 0.15) is 6.61 Å². The van der Waals surface area contributed by atoms with Crippen LogP contribution in [0.1, 0.15) is 129 Å². The molecule has 0 saturated heterocycles. The molecule has 0 amide bonds. The third kappa shape index (κ3) is 34.4. The van der Waals surface area contributed by atoms with E-state index in [9.17, 15) is 14.2 Å². The molecule has 0 fully saturated rings. The smallest absolute Gasteiger partial charge is 0.462 e. The molecule has 0 heterocycles. The van der Waals surface area contributed by atoms with Crippen molar-refractivity contribution in [2.45, 2.75) is 136 Å². The van der Waals surface area contributed by atoms with Crippen molar-refractivity contribution in [2.24, 2.45) is 0 Å². The summed E-state index contributed by atoms with van der Waals surface area (Å²) in [5.74, 6) is -0.954. The third-order valence-corrected chi connectivity index (χ3v) is 7.32. The maximum Gasteiger partial charge on any atom is 0.469 e. The van der Waals surface area contributed by atoms with Gasteiger partial charge in [0.15, 0.2) is 6.10 Å². The van der Waals surface area contributed by atoms with Crippen LogP contribution >= 0.6 is 7.82 Å². The maximum absolute atomic E-state index is 12.3. The Kier molecular flexibility index (Phi) is 30.7. The molecule has 1 atom stereocenters. The number of hydrogen-bond acceptors (Lipinski definition) is 6. The van der Waals surface area contributed by atoms with Crippen LogP contribution in [-0.2, 0) is 28.2 Å². The first-order valence-electron chi connectivity index (χ1n) is 17.3. The van der Waals surface area contributed by atoms with Crippen molar-refractivity contribution >= 4 is 19.8 Å². The maximum atomic E-state index is 12.3. The van der Waals surface area contributed by atoms with Crippen LogP contribution in [0.2, 0.25) is 0 Å². The van der Waals surface area contributed by atoms with Crippen LogP contribution in [0.15, 0.2) is 72.9 Å². The first kappa shape index (κ1) is 43.5. The SMILES string of the molecule is CC/C=C/C=C/C=C/C=C/CCCCCC(=O)OC(COC(=O)CCCCCCCC/C=C/C=C/CCCCC)COP(=O)(O)O. The molecule has 0 aliphatic carbocycles. The molecule has 0 aromatic carbocycles. The van der Waals surface area contributed by atoms with E-state index in [1.54, 1.807) is 0 Å². The van der Waals surface area contributed by atoms with E-state index < -0.39 is 32.5 Å². The van der Waals surface area contributed by atoms with E-state index in [2.05, 4.69) is 54.8 Å². The Bertz CT molecular complexity index is 974. The summed E-state index contributed by atoms with van der Waals surface area (Å²) in [7, 11) is -4.76. The lowest BCUT2D eigenvalue weighted by Crippen LogP contribution is -2.29. The first-order chi connectivity index (χ1) is 22.3. The van der Waals surface area contributed by atoms with E-state index in [0.29, 0.717) is 12.8 Å². The summed E-state index contributed by atoms with van der Waals surface area (Å²) >= 11 is 0. The van der Waals surface area contributed by atoms with Crippen LogP contribution in [-0.4, -0.2) is 41.0 Å². The molecule has 46 heavy (non-hydrogen) atoms. The summed E-state index contributed by atoms with van der Waals surface area (Å²) in [6.45, 7) is 3.43. The van der Waals surface area contributed by atoms with Gasteiger partial charge in [-0.3, -0.25) is 14.1 Å². The summed E-state index contributed by atoms with van der Waals surface area (Å²) in [4.78, 5) is 42.6. The number of phosphoric ester groups is 1. The molecular formula is C37H61O8P. The molecule has 8 nitrogen and oxygen atoms in total. The fraction of sp³-hybridized carbons (Fsp3) is 0.622. The van der Waals surface area contributed by atoms with Crippen molar-refractivity contribution in [1.29, 1.82) is 0 Å². The second-order valence-electron chi connectivity index (χ2n) is 11.2. The second kappa shape index (κ2) is 32.4. The zero-order chi connectivity index (χ0) is 34.0. The van der Waals surface area contributed by atoms with Gasteiger partial charge in [0.25, 0.3) is 0 Å². The van der Waals surface area contributed by atoms with Crippen molar-refractivity contribution < 1.29 is 37.9 Å². The number of phosphoric acid groups is 1. The topological polar surface area (TPSA) is 119 Å². The van der Waals surface area contributed by atoms with E-state index in [1.807, 2.05) is 36.5 Å². The summed E-state index contributed by atoms with van der Waals surface area (Å²) in [5.41, 5.74) is 0. The van der Waals surface area contributed by atoms with Crippen LogP contribution in [0.25, 0.3) is 0 Å². The largest absolute Gasteiger partial charge is 0.469 e. The predicted octanol–water partition coefficient (Wildman–Crippen LogP) is 9.95. The molecule has 0 radical (unpaired) electrons. The summed E-state index contributed by atoms with van der Waals surface area (Å²) in [6, 6.07) is 0. The number of rotatable bonds is 30. The zero-order valence-electron chi connectivity index (χ0n) is 28.4. The Morgan fingerprint density at radius 1 is 0.587 bits per heavy atom. The molecule has 2 N–H and O–H groups in total. The van der Waals surface area contributed by atoms with E-state index >= 15 is 0 Å². The summed E-state index contributed by atoms with van der Waals surface area (Å²) in [6.07, 6.45) is 40.5. The monoisotopic (exact) mass is 664 g/mol. The lowest BCUT2D eigenvalue weighted by molar-refractivity contribution is -0.161. The van der Waals surface area contributed by atoms with Gasteiger partial charge in [0, 0.05) is 12.8 Å². The third-order valence-electron chi connectivity index (χ3n) is 6.83. The number of allylic oxidation sites excluding steroid dienone is 12. The number of carbonyl (C=O) groups is 2. The predicted molar refractivity (Wildman–Crippen MR) is 188 cm³/mol. The van der Waals surface area contributed by atoms with Gasteiger partial charge in [-0.1, -0.05) is 132 Å². The standard InChI is InChI=1S/C37H61O8P/c1-3-5-7-9-11-13-15-17-18-20-21-23-25-27-29-31-36(38)43-33-35(34-44-46(40,41)42)45-37(39)32-30-28-26-24-22-19-16-14-12-10-8-6-4-2/h6,8,10-17,19,22,35H,3-5,7,9,18,20-21,23-34H2,1-2H3,(H2,40,41,42)/b8-6+,12-10+,13-11+,16-14+,17-15+,22-19+. The highest BCUT2D eigenvalue weighted by Crippen LogP contribution is 2.35. The van der Waals surface area contributed by atoms with E-state index in [1.165, 1.54) is 19.3 Å². The normalized spacial score (nSPS) is 13.4. The average molecular weight is 665 g/mol. The Morgan fingerprint density at radius 2 is 1.04 bits per heavy atom. The van der Waals surface area contributed by atoms with Crippen molar-refractivity contribution in [3.63, 3.8) is 0 Å². The number of ether oxygens (including phenoxy) is 2. The molecule has 0 aromatic rings. The van der Waals surface area contributed by atoms with E-state index in [4.69, 9.17) is 19.3 Å². The van der Waals surface area contributed by atoms with Crippen molar-refractivity contribution in [3.8, 4) is 0 Å². The van der Waals surface area contributed by atoms with Crippen LogP contribution in [0.4, 0.5) is 0 Å². The van der Waals surface area contributed by atoms with Gasteiger partial charge in [-0.05, 0) is 57.8 Å². The Balaban J connectivity index is 4.11. The van der Waals surface area contributed by atoms with Crippen LogP contribution in [0.5, 0.6) is 0 Å². The van der Waals surface area contributed by atoms with Gasteiger partial charge in [-0.2, -0.15) is 0 Å². The molecule has 1 unspecified atom stereocenters. The first-order valence-corrected chi connectivity index (χ1v) is 18.8. The molecule has 0 bridgehead atoms. The fourth-order valence-electron chi connectivity index (χ4n) is 4.25. The Morgan fingerprint density at radius 3 is 1.61 bits per heavy atom. The van der Waals surface area contributed by atoms with Crippen LogP contribution in [0, 0.1) is 0 Å². The quantitative estimate of drug-likeness (QED) is 0.0337. The molecule has 0 aromatic heterocycles. The molecule has 0 spiro atoms. The fourth-order valence-corrected chi connectivity index (χ4v) is 4.61. The molecular weight excluding hydrogens is 603 g/mol. The summed E-state index contributed by atoms with van der Waals surface area (Å²) in [5, 5.41) is 0. The number of hydrogen-bond donors (Lipinski definition) is 2. The molecule has 0 saturated carbocycles. The van der Waals surface area contributed by atoms with Crippen molar-refractivity contribution in [2.75, 3.05) is 13.2 Å². The highest BCUT2D eigenvalue weighted by atomic mass is 31.2. The highest BCUT2D eigenvalue weighted by Gasteiger charge is 2.22. The zero-order valence-corrected chi connectivity index (χ0v) is 29.3. The van der Waals surface area contributed by atoms with Gasteiger partial charge >= 0.3 is 19.8 Å². The van der Waals surface area contributed by atoms with E-state index in [0.717, 1.165) is 70.6 Å². The van der Waals surface area contributed by atoms with Gasteiger partial charge in [-0.25, -0.2) is 4.57 Å². The number of carbonyl (C=O) groups excluding carboxylic acids is 2. The van der Waals surface area contributed by atoms with E-state index in [-0.39, 0.29) is 19.4 Å². The average Bonchev–Trinajstić information content (AvgIpc) is 3.02.